The van der Waals surface area contributed by atoms with Crippen LogP contribution in [0.4, 0.5) is 0 Å². The average molecular weight is 310 g/mol. The minimum atomic E-state index is -0.237. The second-order valence-electron chi connectivity index (χ2n) is 3.78. The third-order valence-electron chi connectivity index (χ3n) is 2.43. The zero-order valence-electron chi connectivity index (χ0n) is 9.52. The highest BCUT2D eigenvalue weighted by Crippen LogP contribution is 2.14. The fourth-order valence-corrected chi connectivity index (χ4v) is 1.81. The van der Waals surface area contributed by atoms with Gasteiger partial charge < -0.3 is 14.8 Å². The van der Waals surface area contributed by atoms with Crippen LogP contribution in [-0.2, 0) is 6.42 Å². The van der Waals surface area contributed by atoms with E-state index in [0.29, 0.717) is 17.6 Å². The van der Waals surface area contributed by atoms with Crippen LogP contribution in [0.1, 0.15) is 16.1 Å². The highest BCUT2D eigenvalue weighted by Gasteiger charge is 2.09. The molecule has 5 heteroatoms. The maximum atomic E-state index is 11.6. The van der Waals surface area contributed by atoms with Crippen molar-refractivity contribution in [1.29, 1.82) is 0 Å². The fourth-order valence-electron chi connectivity index (χ4n) is 1.51. The Balaban J connectivity index is 1.82. The number of halogens is 1. The summed E-state index contributed by atoms with van der Waals surface area (Å²) < 4.78 is 5.67. The Morgan fingerprint density at radius 2 is 1.94 bits per heavy atom. The van der Waals surface area contributed by atoms with E-state index in [2.05, 4.69) is 21.2 Å². The molecule has 0 aliphatic rings. The molecule has 1 heterocycles. The van der Waals surface area contributed by atoms with Gasteiger partial charge in [-0.15, -0.1) is 0 Å². The third-order valence-corrected chi connectivity index (χ3v) is 2.86. The third kappa shape index (κ3) is 3.37. The zero-order chi connectivity index (χ0) is 13.0. The van der Waals surface area contributed by atoms with Crippen molar-refractivity contribution in [3.05, 3.63) is 52.4 Å². The number of aromatic hydroxyl groups is 1. The summed E-state index contributed by atoms with van der Waals surface area (Å²) in [6.45, 7) is 0.516. The van der Waals surface area contributed by atoms with Gasteiger partial charge in [-0.05, 0) is 52.2 Å². The number of benzene rings is 1. The number of hydrogen-bond acceptors (Lipinski definition) is 3. The van der Waals surface area contributed by atoms with Crippen molar-refractivity contribution in [2.45, 2.75) is 6.42 Å². The molecule has 0 atom stereocenters. The highest BCUT2D eigenvalue weighted by molar-refractivity contribution is 9.10. The number of hydrogen-bond donors (Lipinski definition) is 2. The molecule has 2 rings (SSSR count). The van der Waals surface area contributed by atoms with E-state index in [-0.39, 0.29) is 17.4 Å². The number of rotatable bonds is 4. The molecule has 0 unspecified atom stereocenters. The van der Waals surface area contributed by atoms with Crippen molar-refractivity contribution in [2.24, 2.45) is 0 Å². The molecule has 0 aliphatic heterocycles. The van der Waals surface area contributed by atoms with E-state index >= 15 is 0 Å². The van der Waals surface area contributed by atoms with Crippen LogP contribution in [0.3, 0.4) is 0 Å². The molecule has 1 amide bonds. The summed E-state index contributed by atoms with van der Waals surface area (Å²) in [5, 5.41) is 11.9. The van der Waals surface area contributed by atoms with Gasteiger partial charge in [-0.3, -0.25) is 4.79 Å². The van der Waals surface area contributed by atoms with Crippen molar-refractivity contribution >= 4 is 21.8 Å². The highest BCUT2D eigenvalue weighted by atomic mass is 79.9. The van der Waals surface area contributed by atoms with Gasteiger partial charge in [0.1, 0.15) is 5.75 Å². The van der Waals surface area contributed by atoms with Crippen molar-refractivity contribution < 1.29 is 14.3 Å². The average Bonchev–Trinajstić information content (AvgIpc) is 2.78. The molecule has 1 aromatic heterocycles. The number of furan rings is 1. The van der Waals surface area contributed by atoms with Gasteiger partial charge in [0, 0.05) is 6.54 Å². The van der Waals surface area contributed by atoms with Crippen molar-refractivity contribution in [3.8, 4) is 5.75 Å². The molecule has 0 fully saturated rings. The first-order chi connectivity index (χ1) is 8.65. The van der Waals surface area contributed by atoms with Gasteiger partial charge in [0.05, 0.1) is 0 Å². The molecule has 4 nitrogen and oxygen atoms in total. The van der Waals surface area contributed by atoms with E-state index in [1.165, 1.54) is 0 Å². The topological polar surface area (TPSA) is 62.5 Å². The van der Waals surface area contributed by atoms with Crippen LogP contribution in [-0.4, -0.2) is 17.6 Å². The summed E-state index contributed by atoms with van der Waals surface area (Å²) in [6.07, 6.45) is 0.702. The van der Waals surface area contributed by atoms with E-state index < -0.39 is 0 Å². The lowest BCUT2D eigenvalue weighted by Crippen LogP contribution is -2.25. The molecule has 0 radical (unpaired) electrons. The molecular formula is C13H12BrNO3. The zero-order valence-corrected chi connectivity index (χ0v) is 11.1. The van der Waals surface area contributed by atoms with Gasteiger partial charge >= 0.3 is 0 Å². The quantitative estimate of drug-likeness (QED) is 0.913. The Bertz CT molecular complexity index is 533. The van der Waals surface area contributed by atoms with Crippen molar-refractivity contribution in [3.63, 3.8) is 0 Å². The smallest absolute Gasteiger partial charge is 0.287 e. The number of nitrogens with one attached hydrogen (secondary N) is 1. The van der Waals surface area contributed by atoms with Crippen LogP contribution >= 0.6 is 15.9 Å². The van der Waals surface area contributed by atoms with Crippen LogP contribution in [0, 0.1) is 0 Å². The van der Waals surface area contributed by atoms with E-state index in [4.69, 9.17) is 9.52 Å². The summed E-state index contributed by atoms with van der Waals surface area (Å²) in [6, 6.07) is 10.2. The van der Waals surface area contributed by atoms with Gasteiger partial charge in [-0.1, -0.05) is 12.1 Å². The van der Waals surface area contributed by atoms with E-state index in [9.17, 15) is 4.79 Å². The Morgan fingerprint density at radius 1 is 1.22 bits per heavy atom. The van der Waals surface area contributed by atoms with Crippen LogP contribution in [0.2, 0.25) is 0 Å². The standard InChI is InChI=1S/C13H12BrNO3/c14-12-6-5-11(18-12)13(17)15-8-7-9-1-3-10(16)4-2-9/h1-6,16H,7-8H2,(H,15,17). The van der Waals surface area contributed by atoms with Gasteiger partial charge in [0.2, 0.25) is 0 Å². The van der Waals surface area contributed by atoms with Crippen LogP contribution in [0.15, 0.2) is 45.5 Å². The molecule has 0 saturated heterocycles. The molecule has 1 aromatic carbocycles. The summed E-state index contributed by atoms with van der Waals surface area (Å²) in [4.78, 5) is 11.6. The maximum absolute atomic E-state index is 11.6. The number of phenols is 1. The Kier molecular flexibility index (Phi) is 4.04. The SMILES string of the molecule is O=C(NCCc1ccc(O)cc1)c1ccc(Br)o1. The largest absolute Gasteiger partial charge is 0.508 e. The summed E-state index contributed by atoms with van der Waals surface area (Å²) in [7, 11) is 0. The number of amides is 1. The molecule has 18 heavy (non-hydrogen) atoms. The van der Waals surface area contributed by atoms with Gasteiger partial charge in [0.15, 0.2) is 10.4 Å². The number of carbonyl (C=O) groups excluding carboxylic acids is 1. The van der Waals surface area contributed by atoms with Crippen LogP contribution in [0.25, 0.3) is 0 Å². The van der Waals surface area contributed by atoms with E-state index in [0.717, 1.165) is 5.56 Å². The van der Waals surface area contributed by atoms with Crippen LogP contribution in [0.5, 0.6) is 5.75 Å². The Hall–Kier alpha value is -1.75. The second kappa shape index (κ2) is 5.73. The van der Waals surface area contributed by atoms with Gasteiger partial charge in [-0.25, -0.2) is 0 Å². The molecular weight excluding hydrogens is 298 g/mol. The predicted octanol–water partition coefficient (Wildman–Crippen LogP) is 2.72. The first kappa shape index (κ1) is 12.7. The normalized spacial score (nSPS) is 10.3. The summed E-state index contributed by atoms with van der Waals surface area (Å²) in [5.41, 5.74) is 1.05. The Morgan fingerprint density at radius 3 is 2.56 bits per heavy atom. The summed E-state index contributed by atoms with van der Waals surface area (Å²) >= 11 is 3.14. The molecule has 94 valence electrons. The lowest BCUT2D eigenvalue weighted by molar-refractivity contribution is 0.0925. The molecule has 0 aliphatic carbocycles. The second-order valence-corrected chi connectivity index (χ2v) is 4.56. The number of phenolic OH excluding ortho intramolecular Hbond substituents is 1. The van der Waals surface area contributed by atoms with Crippen molar-refractivity contribution in [1.82, 2.24) is 5.32 Å². The first-order valence-corrected chi connectivity index (χ1v) is 6.26. The minimum absolute atomic E-state index is 0.237. The minimum Gasteiger partial charge on any atom is -0.508 e. The van der Waals surface area contributed by atoms with E-state index in [1.54, 1.807) is 24.3 Å². The maximum Gasteiger partial charge on any atom is 0.287 e. The molecule has 0 bridgehead atoms. The van der Waals surface area contributed by atoms with E-state index in [1.807, 2.05) is 12.1 Å². The molecule has 2 aromatic rings. The lowest BCUT2D eigenvalue weighted by Gasteiger charge is -2.03. The van der Waals surface area contributed by atoms with Gasteiger partial charge in [-0.2, -0.15) is 0 Å². The lowest BCUT2D eigenvalue weighted by atomic mass is 10.1. The van der Waals surface area contributed by atoms with Crippen molar-refractivity contribution in [2.75, 3.05) is 6.54 Å². The molecule has 0 spiro atoms. The summed E-state index contributed by atoms with van der Waals surface area (Å²) in [5.74, 6) is 0.287. The van der Waals surface area contributed by atoms with Gasteiger partial charge in [0.25, 0.3) is 5.91 Å². The van der Waals surface area contributed by atoms with Crippen LogP contribution < -0.4 is 5.32 Å². The Labute approximate surface area is 113 Å². The first-order valence-electron chi connectivity index (χ1n) is 5.46. The number of carbonyl (C=O) groups is 1. The molecule has 0 saturated carbocycles. The fraction of sp³-hybridized carbons (Fsp3) is 0.154. The monoisotopic (exact) mass is 309 g/mol. The predicted molar refractivity (Wildman–Crippen MR) is 70.6 cm³/mol. The molecule has 2 N–H and O–H groups in total.